The summed E-state index contributed by atoms with van der Waals surface area (Å²) < 4.78 is 41.8. The number of carbonyl (C=O) groups excluding carboxylic acids is 2. The Kier molecular flexibility index (Phi) is 6.82. The van der Waals surface area contributed by atoms with Gasteiger partial charge in [-0.05, 0) is 48.5 Å². The number of aromatic nitrogens is 1. The summed E-state index contributed by atoms with van der Waals surface area (Å²) in [6, 6.07) is 11.8. The molecule has 0 N–H and O–H groups in total. The van der Waals surface area contributed by atoms with Gasteiger partial charge >= 0.3 is 6.09 Å². The van der Waals surface area contributed by atoms with Crippen molar-refractivity contribution >= 4 is 50.7 Å². The molecule has 0 aliphatic heterocycles. The van der Waals surface area contributed by atoms with Crippen molar-refractivity contribution in [3.05, 3.63) is 76.2 Å². The average Bonchev–Trinajstić information content (AvgIpc) is 2.74. The van der Waals surface area contributed by atoms with Crippen LogP contribution in [0.4, 0.5) is 14.9 Å². The van der Waals surface area contributed by atoms with E-state index in [1.165, 1.54) is 42.5 Å². The number of sulfone groups is 1. The number of nitrogens with zero attached hydrogens (tertiary/aromatic N) is 2. The second-order valence-electron chi connectivity index (χ2n) is 6.53. The lowest BCUT2D eigenvalue weighted by Crippen LogP contribution is -2.37. The number of rotatable bonds is 4. The Balaban J connectivity index is 2.11. The zero-order valence-electron chi connectivity index (χ0n) is 16.7. The van der Waals surface area contributed by atoms with Crippen molar-refractivity contribution in [1.29, 1.82) is 0 Å². The largest absolute Gasteiger partial charge is 0.452 e. The van der Waals surface area contributed by atoms with E-state index in [9.17, 15) is 22.4 Å². The third-order valence-electron chi connectivity index (χ3n) is 4.36. The van der Waals surface area contributed by atoms with Crippen molar-refractivity contribution < 1.29 is 27.1 Å². The van der Waals surface area contributed by atoms with Gasteiger partial charge in [0.25, 0.3) is 5.91 Å². The Morgan fingerprint density at radius 1 is 1.03 bits per heavy atom. The standard InChI is InChI=1S/C21H15Cl2FN2O5S/c1-31-21(28)26(20(27)14-8-7-13(11-17(14)23)32(2,29)30)12-6-9-16(22)15(10-12)18-4-3-5-19(24)25-18/h3-11H,1-2H3. The fraction of sp³-hybridized carbons (Fsp3) is 0.0952. The highest BCUT2D eigenvalue weighted by Gasteiger charge is 2.28. The Labute approximate surface area is 193 Å². The zero-order valence-corrected chi connectivity index (χ0v) is 19.0. The normalized spacial score (nSPS) is 11.2. The second kappa shape index (κ2) is 9.23. The highest BCUT2D eigenvalue weighted by Crippen LogP contribution is 2.33. The van der Waals surface area contributed by atoms with E-state index in [0.717, 1.165) is 25.5 Å². The van der Waals surface area contributed by atoms with Gasteiger partial charge in [0.15, 0.2) is 9.84 Å². The van der Waals surface area contributed by atoms with Gasteiger partial charge in [-0.15, -0.1) is 0 Å². The van der Waals surface area contributed by atoms with Crippen LogP contribution < -0.4 is 4.90 Å². The number of hydrogen-bond donors (Lipinski definition) is 0. The molecule has 0 bridgehead atoms. The van der Waals surface area contributed by atoms with E-state index in [0.29, 0.717) is 4.90 Å². The third kappa shape index (κ3) is 4.90. The molecule has 0 saturated carbocycles. The van der Waals surface area contributed by atoms with E-state index in [-0.39, 0.29) is 37.4 Å². The molecule has 0 unspecified atom stereocenters. The third-order valence-corrected chi connectivity index (χ3v) is 6.11. The quantitative estimate of drug-likeness (QED) is 0.471. The molecule has 11 heteroatoms. The van der Waals surface area contributed by atoms with E-state index in [1.54, 1.807) is 0 Å². The summed E-state index contributed by atoms with van der Waals surface area (Å²) >= 11 is 12.4. The maximum atomic E-state index is 13.6. The van der Waals surface area contributed by atoms with Gasteiger partial charge in [0.2, 0.25) is 5.95 Å². The van der Waals surface area contributed by atoms with Crippen LogP contribution in [0.2, 0.25) is 10.0 Å². The molecule has 7 nitrogen and oxygen atoms in total. The first-order valence-electron chi connectivity index (χ1n) is 8.87. The van der Waals surface area contributed by atoms with Gasteiger partial charge in [-0.1, -0.05) is 29.3 Å². The summed E-state index contributed by atoms with van der Waals surface area (Å²) in [5, 5.41) is 0.0347. The number of methoxy groups -OCH3 is 1. The number of anilines is 1. The molecule has 0 saturated heterocycles. The van der Waals surface area contributed by atoms with Crippen LogP contribution in [-0.4, -0.2) is 38.8 Å². The summed E-state index contributed by atoms with van der Waals surface area (Å²) in [5.74, 6) is -1.61. The lowest BCUT2D eigenvalue weighted by atomic mass is 10.1. The highest BCUT2D eigenvalue weighted by molar-refractivity contribution is 7.90. The van der Waals surface area contributed by atoms with Crippen molar-refractivity contribution in [3.63, 3.8) is 0 Å². The monoisotopic (exact) mass is 496 g/mol. The summed E-state index contributed by atoms with van der Waals surface area (Å²) in [6.45, 7) is 0. The first-order chi connectivity index (χ1) is 15.0. The Hall–Kier alpha value is -3.01. The lowest BCUT2D eigenvalue weighted by molar-refractivity contribution is 0.0976. The Morgan fingerprint density at radius 2 is 1.75 bits per heavy atom. The molecule has 3 rings (SSSR count). The molecule has 2 amide bonds. The minimum atomic E-state index is -3.56. The smallest absolute Gasteiger partial charge is 0.421 e. The molecular weight excluding hydrogens is 482 g/mol. The van der Waals surface area contributed by atoms with Crippen LogP contribution in [0.1, 0.15) is 10.4 Å². The molecule has 0 spiro atoms. The van der Waals surface area contributed by atoms with E-state index < -0.39 is 27.8 Å². The minimum absolute atomic E-state index is 0.0515. The van der Waals surface area contributed by atoms with E-state index in [1.807, 2.05) is 0 Å². The molecule has 1 heterocycles. The number of halogens is 3. The topological polar surface area (TPSA) is 93.6 Å². The highest BCUT2D eigenvalue weighted by atomic mass is 35.5. The predicted octanol–water partition coefficient (Wildman–Crippen LogP) is 5.01. The summed E-state index contributed by atoms with van der Waals surface area (Å²) in [6.07, 6.45) is -0.0323. The van der Waals surface area contributed by atoms with Crippen LogP contribution in [0.5, 0.6) is 0 Å². The first kappa shape index (κ1) is 23.6. The van der Waals surface area contributed by atoms with Gasteiger partial charge in [-0.2, -0.15) is 4.39 Å². The van der Waals surface area contributed by atoms with Gasteiger partial charge in [0, 0.05) is 11.8 Å². The van der Waals surface area contributed by atoms with Gasteiger partial charge in [-0.3, -0.25) is 4.79 Å². The minimum Gasteiger partial charge on any atom is -0.452 e. The number of benzene rings is 2. The van der Waals surface area contributed by atoms with Crippen LogP contribution >= 0.6 is 23.2 Å². The average molecular weight is 497 g/mol. The second-order valence-corrected chi connectivity index (χ2v) is 9.36. The van der Waals surface area contributed by atoms with E-state index in [4.69, 9.17) is 27.9 Å². The zero-order chi connectivity index (χ0) is 23.6. The number of imide groups is 1. The molecule has 0 aliphatic carbocycles. The van der Waals surface area contributed by atoms with Crippen LogP contribution in [0.25, 0.3) is 11.3 Å². The molecule has 0 atom stereocenters. The van der Waals surface area contributed by atoms with Gasteiger partial charge in [0.05, 0.1) is 39.0 Å². The number of amides is 2. The molecular formula is C21H15Cl2FN2O5S. The summed E-state index contributed by atoms with van der Waals surface area (Å²) in [4.78, 5) is 30.1. The number of ether oxygens (including phenoxy) is 1. The summed E-state index contributed by atoms with van der Waals surface area (Å²) in [5.41, 5.74) is 0.369. The van der Waals surface area contributed by atoms with Crippen LogP contribution in [0, 0.1) is 5.95 Å². The number of pyridine rings is 1. The molecule has 3 aromatic rings. The van der Waals surface area contributed by atoms with Crippen LogP contribution in [0.3, 0.4) is 0 Å². The van der Waals surface area contributed by atoms with Crippen LogP contribution in [0.15, 0.2) is 59.5 Å². The lowest BCUT2D eigenvalue weighted by Gasteiger charge is -2.21. The molecule has 0 radical (unpaired) electrons. The van der Waals surface area contributed by atoms with Crippen molar-refractivity contribution in [2.45, 2.75) is 4.90 Å². The number of hydrogen-bond acceptors (Lipinski definition) is 6. The van der Waals surface area contributed by atoms with Crippen molar-refractivity contribution in [1.82, 2.24) is 4.98 Å². The fourth-order valence-electron chi connectivity index (χ4n) is 2.82. The molecule has 166 valence electrons. The molecule has 2 aromatic carbocycles. The van der Waals surface area contributed by atoms with Crippen molar-refractivity contribution in [3.8, 4) is 11.3 Å². The van der Waals surface area contributed by atoms with E-state index >= 15 is 0 Å². The SMILES string of the molecule is COC(=O)N(C(=O)c1ccc(S(C)(=O)=O)cc1Cl)c1ccc(Cl)c(-c2cccc(F)n2)c1. The Bertz CT molecular complexity index is 1330. The molecule has 0 fully saturated rings. The van der Waals surface area contributed by atoms with Crippen molar-refractivity contribution in [2.24, 2.45) is 0 Å². The number of carbonyl (C=O) groups is 2. The maximum Gasteiger partial charge on any atom is 0.421 e. The van der Waals surface area contributed by atoms with Gasteiger partial charge in [0.1, 0.15) is 0 Å². The van der Waals surface area contributed by atoms with Gasteiger partial charge < -0.3 is 4.74 Å². The molecule has 32 heavy (non-hydrogen) atoms. The van der Waals surface area contributed by atoms with Gasteiger partial charge in [-0.25, -0.2) is 23.1 Å². The fourth-order valence-corrected chi connectivity index (χ4v) is 4.01. The predicted molar refractivity (Wildman–Crippen MR) is 118 cm³/mol. The Morgan fingerprint density at radius 3 is 2.34 bits per heavy atom. The summed E-state index contributed by atoms with van der Waals surface area (Å²) in [7, 11) is -2.47. The first-order valence-corrected chi connectivity index (χ1v) is 11.5. The van der Waals surface area contributed by atoms with Crippen LogP contribution in [-0.2, 0) is 14.6 Å². The van der Waals surface area contributed by atoms with Crippen molar-refractivity contribution in [2.75, 3.05) is 18.3 Å². The molecule has 0 aliphatic rings. The molecule has 1 aromatic heterocycles. The van der Waals surface area contributed by atoms with E-state index in [2.05, 4.69) is 4.98 Å². The maximum absolute atomic E-state index is 13.6.